The third-order valence-corrected chi connectivity index (χ3v) is 8.81. The van der Waals surface area contributed by atoms with Gasteiger partial charge in [0.1, 0.15) is 12.7 Å². The summed E-state index contributed by atoms with van der Waals surface area (Å²) in [6.45, 7) is 5.42. The molecule has 0 fully saturated rings. The molecule has 5 nitrogen and oxygen atoms in total. The Morgan fingerprint density at radius 2 is 0.800 bits per heavy atom. The molecule has 45 heavy (non-hydrogen) atoms. The van der Waals surface area contributed by atoms with Crippen molar-refractivity contribution in [1.29, 1.82) is 0 Å². The molecule has 1 atom stereocenters. The van der Waals surface area contributed by atoms with E-state index in [0.29, 0.717) is 6.42 Å². The second kappa shape index (κ2) is 37.8. The number of unbranched alkanes of at least 4 members (excludes halogenated alkanes) is 27. The molecule has 0 radical (unpaired) electrons. The second-order valence-electron chi connectivity index (χ2n) is 14.8. The van der Waals surface area contributed by atoms with Gasteiger partial charge in [0.05, 0.1) is 34.3 Å². The van der Waals surface area contributed by atoms with Crippen molar-refractivity contribution in [3.05, 3.63) is 0 Å². The molecule has 0 aliphatic heterocycles. The van der Waals surface area contributed by atoms with Crippen LogP contribution < -0.4 is 0 Å². The van der Waals surface area contributed by atoms with Gasteiger partial charge < -0.3 is 19.4 Å². The van der Waals surface area contributed by atoms with E-state index in [-0.39, 0.29) is 19.2 Å². The van der Waals surface area contributed by atoms with Crippen LogP contribution in [0.15, 0.2) is 0 Å². The molecule has 0 heterocycles. The average molecular weight is 643 g/mol. The van der Waals surface area contributed by atoms with Gasteiger partial charge in [0.2, 0.25) is 0 Å². The summed E-state index contributed by atoms with van der Waals surface area (Å²) in [7, 11) is 6.88. The molecule has 0 saturated heterocycles. The van der Waals surface area contributed by atoms with Crippen molar-refractivity contribution in [2.75, 3.05) is 40.9 Å². The first-order valence-corrected chi connectivity index (χ1v) is 20.0. The SMILES string of the molecule is CCCCCCCCCCCCCCCCCC(=O)OCC(O)CO.CCCCCCCCCCCCCCCC[N+](C)(C)C. The zero-order valence-electron chi connectivity index (χ0n) is 31.6. The number of hydrogen-bond donors (Lipinski definition) is 2. The molecule has 2 N–H and O–H groups in total. The highest BCUT2D eigenvalue weighted by Crippen LogP contribution is 2.15. The number of esters is 1. The molecule has 0 aromatic heterocycles. The number of carbonyl (C=O) groups is 1. The lowest BCUT2D eigenvalue weighted by Gasteiger charge is -2.23. The van der Waals surface area contributed by atoms with Crippen LogP contribution in [-0.2, 0) is 9.53 Å². The van der Waals surface area contributed by atoms with Gasteiger partial charge in [-0.15, -0.1) is 0 Å². The summed E-state index contributed by atoms with van der Waals surface area (Å²) < 4.78 is 5.99. The Balaban J connectivity index is 0. The molecule has 5 heteroatoms. The van der Waals surface area contributed by atoms with Crippen molar-refractivity contribution in [3.63, 3.8) is 0 Å². The molecule has 0 aromatic rings. The van der Waals surface area contributed by atoms with E-state index in [9.17, 15) is 4.79 Å². The summed E-state index contributed by atoms with van der Waals surface area (Å²) in [5, 5.41) is 17.7. The molecule has 0 saturated carbocycles. The summed E-state index contributed by atoms with van der Waals surface area (Å²) in [4.78, 5) is 11.4. The third-order valence-electron chi connectivity index (χ3n) is 8.81. The largest absolute Gasteiger partial charge is 0.463 e. The predicted octanol–water partition coefficient (Wildman–Crippen LogP) is 11.3. The second-order valence-corrected chi connectivity index (χ2v) is 14.8. The highest BCUT2D eigenvalue weighted by Gasteiger charge is 2.07. The summed E-state index contributed by atoms with van der Waals surface area (Å²) >= 11 is 0. The summed E-state index contributed by atoms with van der Waals surface area (Å²) in [5.41, 5.74) is 0. The number of aliphatic hydroxyl groups is 2. The number of hydrogen-bond acceptors (Lipinski definition) is 4. The third kappa shape index (κ3) is 45.5. The number of rotatable bonds is 34. The van der Waals surface area contributed by atoms with Gasteiger partial charge >= 0.3 is 5.97 Å². The van der Waals surface area contributed by atoms with Crippen molar-refractivity contribution < 1.29 is 24.2 Å². The standard InChI is InChI=1S/C21H42O4.C19H42N/c1-2-3-4-5-6-7-8-9-10-11-12-13-14-15-16-17-21(24)25-19-20(23)18-22;1-5-6-7-8-9-10-11-12-13-14-15-16-17-18-19-20(2,3)4/h20,22-23H,2-19H2,1H3;5-19H2,1-4H3/q;+1. The Morgan fingerprint density at radius 3 is 1.09 bits per heavy atom. The lowest BCUT2D eigenvalue weighted by molar-refractivity contribution is -0.870. The van der Waals surface area contributed by atoms with Crippen LogP contribution in [0.2, 0.25) is 0 Å². The smallest absolute Gasteiger partial charge is 0.305 e. The van der Waals surface area contributed by atoms with Gasteiger partial charge in [-0.3, -0.25) is 4.79 Å². The fourth-order valence-electron chi connectivity index (χ4n) is 5.74. The molecule has 272 valence electrons. The maximum atomic E-state index is 11.4. The van der Waals surface area contributed by atoms with E-state index >= 15 is 0 Å². The van der Waals surface area contributed by atoms with E-state index in [0.717, 1.165) is 17.3 Å². The average Bonchev–Trinajstić information content (AvgIpc) is 3.01. The lowest BCUT2D eigenvalue weighted by Crippen LogP contribution is -2.35. The van der Waals surface area contributed by atoms with Crippen molar-refractivity contribution >= 4 is 5.97 Å². The molecular weight excluding hydrogens is 558 g/mol. The first-order valence-electron chi connectivity index (χ1n) is 20.0. The predicted molar refractivity (Wildman–Crippen MR) is 197 cm³/mol. The zero-order chi connectivity index (χ0) is 33.7. The van der Waals surface area contributed by atoms with E-state index < -0.39 is 6.10 Å². The molecular formula is C40H84NO4+. The van der Waals surface area contributed by atoms with Crippen LogP contribution in [0.3, 0.4) is 0 Å². The van der Waals surface area contributed by atoms with Crippen molar-refractivity contribution in [2.24, 2.45) is 0 Å². The van der Waals surface area contributed by atoms with Crippen LogP contribution in [0, 0.1) is 0 Å². The molecule has 0 amide bonds. The maximum Gasteiger partial charge on any atom is 0.305 e. The number of ether oxygens (including phenoxy) is 1. The topological polar surface area (TPSA) is 66.8 Å². The van der Waals surface area contributed by atoms with Crippen LogP contribution in [0.25, 0.3) is 0 Å². The van der Waals surface area contributed by atoms with Gasteiger partial charge in [0.15, 0.2) is 0 Å². The molecule has 0 aliphatic carbocycles. The van der Waals surface area contributed by atoms with Gasteiger partial charge in [0, 0.05) is 6.42 Å². The van der Waals surface area contributed by atoms with Gasteiger partial charge in [-0.2, -0.15) is 0 Å². The van der Waals surface area contributed by atoms with Crippen LogP contribution in [0.4, 0.5) is 0 Å². The Morgan fingerprint density at radius 1 is 0.511 bits per heavy atom. The summed E-state index contributed by atoms with van der Waals surface area (Å²) in [6.07, 6.45) is 39.4. The van der Waals surface area contributed by atoms with Crippen LogP contribution >= 0.6 is 0 Å². The van der Waals surface area contributed by atoms with Gasteiger partial charge in [-0.05, 0) is 19.3 Å². The number of carbonyl (C=O) groups excluding carboxylic acids is 1. The number of quaternary nitrogens is 1. The Bertz CT molecular complexity index is 563. The molecule has 0 aliphatic rings. The van der Waals surface area contributed by atoms with Gasteiger partial charge in [0.25, 0.3) is 0 Å². The number of nitrogens with zero attached hydrogens (tertiary/aromatic N) is 1. The minimum atomic E-state index is -0.954. The Hall–Kier alpha value is -0.650. The normalized spacial score (nSPS) is 12.2. The van der Waals surface area contributed by atoms with E-state index in [1.165, 1.54) is 180 Å². The first-order chi connectivity index (χ1) is 21.8. The number of aliphatic hydroxyl groups excluding tert-OH is 2. The van der Waals surface area contributed by atoms with Crippen LogP contribution in [0.1, 0.15) is 206 Å². The minimum Gasteiger partial charge on any atom is -0.463 e. The van der Waals surface area contributed by atoms with Gasteiger partial charge in [-0.1, -0.05) is 181 Å². The molecule has 0 spiro atoms. The summed E-state index contributed by atoms with van der Waals surface area (Å²) in [6, 6.07) is 0. The van der Waals surface area contributed by atoms with Crippen molar-refractivity contribution in [3.8, 4) is 0 Å². The van der Waals surface area contributed by atoms with Crippen molar-refractivity contribution in [2.45, 2.75) is 213 Å². The van der Waals surface area contributed by atoms with Crippen LogP contribution in [0.5, 0.6) is 0 Å². The minimum absolute atomic E-state index is 0.103. The Kier molecular flexibility index (Phi) is 39.0. The fraction of sp³-hybridized carbons (Fsp3) is 0.975. The Labute approximate surface area is 283 Å². The lowest BCUT2D eigenvalue weighted by atomic mass is 10.0. The van der Waals surface area contributed by atoms with E-state index in [1.807, 2.05) is 0 Å². The van der Waals surface area contributed by atoms with E-state index in [2.05, 4.69) is 35.0 Å². The molecule has 1 unspecified atom stereocenters. The fourth-order valence-corrected chi connectivity index (χ4v) is 5.74. The van der Waals surface area contributed by atoms with Gasteiger partial charge in [-0.25, -0.2) is 0 Å². The molecule has 0 aromatic carbocycles. The van der Waals surface area contributed by atoms with Crippen LogP contribution in [-0.4, -0.2) is 67.7 Å². The maximum absolute atomic E-state index is 11.4. The summed E-state index contributed by atoms with van der Waals surface area (Å²) in [5.74, 6) is -0.276. The first kappa shape index (κ1) is 46.5. The molecule has 0 bridgehead atoms. The zero-order valence-corrected chi connectivity index (χ0v) is 31.6. The quantitative estimate of drug-likeness (QED) is 0.0416. The van der Waals surface area contributed by atoms with Crippen molar-refractivity contribution in [1.82, 2.24) is 0 Å². The monoisotopic (exact) mass is 643 g/mol. The van der Waals surface area contributed by atoms with E-state index in [1.54, 1.807) is 0 Å². The highest BCUT2D eigenvalue weighted by atomic mass is 16.5. The highest BCUT2D eigenvalue weighted by molar-refractivity contribution is 5.69. The van der Waals surface area contributed by atoms with E-state index in [4.69, 9.17) is 14.9 Å². The molecule has 0 rings (SSSR count).